The zero-order chi connectivity index (χ0) is 14.8. The lowest BCUT2D eigenvalue weighted by atomic mass is 9.99. The summed E-state index contributed by atoms with van der Waals surface area (Å²) in [7, 11) is 0. The number of anilines is 2. The molecule has 0 saturated carbocycles. The number of hydrogen-bond acceptors (Lipinski definition) is 2. The van der Waals surface area contributed by atoms with Crippen LogP contribution in [0.25, 0.3) is 0 Å². The van der Waals surface area contributed by atoms with E-state index in [-0.39, 0.29) is 0 Å². The van der Waals surface area contributed by atoms with E-state index in [0.717, 1.165) is 28.7 Å². The molecular formula is C18H21BrN2. The molecule has 0 amide bonds. The summed E-state index contributed by atoms with van der Waals surface area (Å²) in [5.41, 5.74) is 12.4. The Labute approximate surface area is 134 Å². The maximum Gasteiger partial charge on any atom is 0.0590 e. The standard InChI is InChI=1S/C18H21BrN2/c1-2-4-12-5-3-6-15-14(12)8-10-17(15)21-18-11-13(19)7-9-16(18)20/h3,5-7,9,11,17,21H,2,4,8,10,20H2,1H3. The molecule has 2 aromatic rings. The van der Waals surface area contributed by atoms with Crippen molar-refractivity contribution in [1.29, 1.82) is 0 Å². The van der Waals surface area contributed by atoms with Crippen LogP contribution in [0.4, 0.5) is 11.4 Å². The van der Waals surface area contributed by atoms with Crippen molar-refractivity contribution in [2.75, 3.05) is 11.1 Å². The molecule has 0 radical (unpaired) electrons. The van der Waals surface area contributed by atoms with E-state index in [0.29, 0.717) is 6.04 Å². The van der Waals surface area contributed by atoms with Crippen molar-refractivity contribution in [2.45, 2.75) is 38.6 Å². The number of benzene rings is 2. The predicted molar refractivity (Wildman–Crippen MR) is 93.7 cm³/mol. The molecule has 0 aromatic heterocycles. The largest absolute Gasteiger partial charge is 0.397 e. The first-order valence-corrected chi connectivity index (χ1v) is 8.40. The van der Waals surface area contributed by atoms with Crippen LogP contribution in [0.1, 0.15) is 42.5 Å². The second-order valence-electron chi connectivity index (χ2n) is 5.70. The van der Waals surface area contributed by atoms with E-state index < -0.39 is 0 Å². The van der Waals surface area contributed by atoms with Gasteiger partial charge >= 0.3 is 0 Å². The fourth-order valence-electron chi connectivity index (χ4n) is 3.22. The first-order chi connectivity index (χ1) is 10.2. The Balaban J connectivity index is 1.88. The fraction of sp³-hybridized carbons (Fsp3) is 0.333. The number of fused-ring (bicyclic) bond motifs is 1. The maximum absolute atomic E-state index is 6.08. The Morgan fingerprint density at radius 2 is 2.14 bits per heavy atom. The molecular weight excluding hydrogens is 324 g/mol. The minimum Gasteiger partial charge on any atom is -0.397 e. The third kappa shape index (κ3) is 2.93. The van der Waals surface area contributed by atoms with Crippen LogP contribution in [0.5, 0.6) is 0 Å². The van der Waals surface area contributed by atoms with Crippen molar-refractivity contribution >= 4 is 27.3 Å². The lowest BCUT2D eigenvalue weighted by molar-refractivity contribution is 0.761. The first kappa shape index (κ1) is 14.5. The van der Waals surface area contributed by atoms with Gasteiger partial charge in [0.25, 0.3) is 0 Å². The minimum atomic E-state index is 0.369. The number of nitrogens with two attached hydrogens (primary N) is 1. The van der Waals surface area contributed by atoms with Crippen molar-refractivity contribution in [3.63, 3.8) is 0 Å². The third-order valence-electron chi connectivity index (χ3n) is 4.23. The van der Waals surface area contributed by atoms with Crippen LogP contribution in [0.15, 0.2) is 40.9 Å². The molecule has 3 rings (SSSR count). The zero-order valence-electron chi connectivity index (χ0n) is 12.3. The minimum absolute atomic E-state index is 0.369. The van der Waals surface area contributed by atoms with E-state index >= 15 is 0 Å². The molecule has 0 fully saturated rings. The van der Waals surface area contributed by atoms with Crippen LogP contribution in [0, 0.1) is 0 Å². The fourth-order valence-corrected chi connectivity index (χ4v) is 3.59. The van der Waals surface area contributed by atoms with Crippen molar-refractivity contribution in [3.05, 3.63) is 57.6 Å². The highest BCUT2D eigenvalue weighted by atomic mass is 79.9. The number of nitrogens with one attached hydrogen (secondary N) is 1. The van der Waals surface area contributed by atoms with Gasteiger partial charge in [0.2, 0.25) is 0 Å². The number of hydrogen-bond donors (Lipinski definition) is 2. The number of halogens is 1. The summed E-state index contributed by atoms with van der Waals surface area (Å²) in [5.74, 6) is 0. The van der Waals surface area contributed by atoms with Gasteiger partial charge in [0.15, 0.2) is 0 Å². The van der Waals surface area contributed by atoms with Crippen molar-refractivity contribution in [1.82, 2.24) is 0 Å². The molecule has 1 aliphatic carbocycles. The topological polar surface area (TPSA) is 38.0 Å². The summed E-state index contributed by atoms with van der Waals surface area (Å²) in [4.78, 5) is 0. The lowest BCUT2D eigenvalue weighted by Gasteiger charge is -2.18. The Hall–Kier alpha value is -1.48. The van der Waals surface area contributed by atoms with E-state index in [1.165, 1.54) is 24.0 Å². The second-order valence-corrected chi connectivity index (χ2v) is 6.62. The van der Waals surface area contributed by atoms with Gasteiger partial charge in [-0.1, -0.05) is 47.5 Å². The highest BCUT2D eigenvalue weighted by Gasteiger charge is 2.24. The zero-order valence-corrected chi connectivity index (χ0v) is 13.9. The SMILES string of the molecule is CCCc1cccc2c1CCC2Nc1cc(Br)ccc1N. The Kier molecular flexibility index (Phi) is 4.20. The quantitative estimate of drug-likeness (QED) is 0.758. The molecule has 3 N–H and O–H groups in total. The Bertz CT molecular complexity index is 652. The van der Waals surface area contributed by atoms with Gasteiger partial charge in [-0.2, -0.15) is 0 Å². The van der Waals surface area contributed by atoms with Crippen LogP contribution in [0.3, 0.4) is 0 Å². The summed E-state index contributed by atoms with van der Waals surface area (Å²) in [6.07, 6.45) is 4.68. The number of nitrogen functional groups attached to an aromatic ring is 1. The van der Waals surface area contributed by atoms with Gasteiger partial charge in [-0.05, 0) is 54.2 Å². The Morgan fingerprint density at radius 1 is 1.29 bits per heavy atom. The first-order valence-electron chi connectivity index (χ1n) is 7.61. The third-order valence-corrected chi connectivity index (χ3v) is 4.73. The van der Waals surface area contributed by atoms with Crippen LogP contribution in [-0.4, -0.2) is 0 Å². The highest BCUT2D eigenvalue weighted by molar-refractivity contribution is 9.10. The molecule has 0 saturated heterocycles. The van der Waals surface area contributed by atoms with E-state index in [9.17, 15) is 0 Å². The number of aryl methyl sites for hydroxylation is 1. The average Bonchev–Trinajstić information content (AvgIpc) is 2.88. The normalized spacial score (nSPS) is 16.8. The van der Waals surface area contributed by atoms with E-state index in [1.54, 1.807) is 5.56 Å². The Morgan fingerprint density at radius 3 is 2.95 bits per heavy atom. The van der Waals surface area contributed by atoms with Gasteiger partial charge in [-0.25, -0.2) is 0 Å². The van der Waals surface area contributed by atoms with Gasteiger partial charge in [-0.15, -0.1) is 0 Å². The summed E-state index contributed by atoms with van der Waals surface area (Å²) < 4.78 is 1.05. The molecule has 110 valence electrons. The monoisotopic (exact) mass is 344 g/mol. The van der Waals surface area contributed by atoms with Crippen molar-refractivity contribution in [3.8, 4) is 0 Å². The van der Waals surface area contributed by atoms with E-state index in [2.05, 4.69) is 52.4 Å². The summed E-state index contributed by atoms with van der Waals surface area (Å²) in [5, 5.41) is 3.62. The van der Waals surface area contributed by atoms with Gasteiger partial charge in [-0.3, -0.25) is 0 Å². The van der Waals surface area contributed by atoms with E-state index in [1.807, 2.05) is 12.1 Å². The molecule has 0 spiro atoms. The predicted octanol–water partition coefficient (Wildman–Crippen LogP) is 5.08. The molecule has 0 heterocycles. The molecule has 1 unspecified atom stereocenters. The average molecular weight is 345 g/mol. The number of rotatable bonds is 4. The van der Waals surface area contributed by atoms with Gasteiger partial charge < -0.3 is 11.1 Å². The molecule has 21 heavy (non-hydrogen) atoms. The van der Waals surface area contributed by atoms with Crippen LogP contribution in [-0.2, 0) is 12.8 Å². The molecule has 2 nitrogen and oxygen atoms in total. The molecule has 0 bridgehead atoms. The van der Waals surface area contributed by atoms with Crippen LogP contribution >= 0.6 is 15.9 Å². The van der Waals surface area contributed by atoms with Gasteiger partial charge in [0, 0.05) is 4.47 Å². The van der Waals surface area contributed by atoms with E-state index in [4.69, 9.17) is 5.73 Å². The summed E-state index contributed by atoms with van der Waals surface area (Å²) in [6, 6.07) is 13.1. The highest BCUT2D eigenvalue weighted by Crippen LogP contribution is 2.37. The van der Waals surface area contributed by atoms with Crippen LogP contribution in [0.2, 0.25) is 0 Å². The molecule has 1 aliphatic rings. The van der Waals surface area contributed by atoms with Crippen LogP contribution < -0.4 is 11.1 Å². The molecule has 1 atom stereocenters. The molecule has 2 aromatic carbocycles. The van der Waals surface area contributed by atoms with Crippen molar-refractivity contribution in [2.24, 2.45) is 0 Å². The summed E-state index contributed by atoms with van der Waals surface area (Å²) in [6.45, 7) is 2.24. The summed E-state index contributed by atoms with van der Waals surface area (Å²) >= 11 is 3.51. The van der Waals surface area contributed by atoms with Gasteiger partial charge in [0.05, 0.1) is 17.4 Å². The maximum atomic E-state index is 6.08. The van der Waals surface area contributed by atoms with Gasteiger partial charge in [0.1, 0.15) is 0 Å². The lowest BCUT2D eigenvalue weighted by Crippen LogP contribution is -2.09. The smallest absolute Gasteiger partial charge is 0.0590 e. The second kappa shape index (κ2) is 6.10. The van der Waals surface area contributed by atoms with Crippen molar-refractivity contribution < 1.29 is 0 Å². The molecule has 3 heteroatoms. The molecule has 0 aliphatic heterocycles.